The summed E-state index contributed by atoms with van der Waals surface area (Å²) in [6.45, 7) is 0. The number of thioether (sulfide) groups is 1. The van der Waals surface area contributed by atoms with Crippen LogP contribution in [-0.4, -0.2) is 26.4 Å². The summed E-state index contributed by atoms with van der Waals surface area (Å²) in [5.74, 6) is -1.48. The zero-order valence-electron chi connectivity index (χ0n) is 11.2. The van der Waals surface area contributed by atoms with E-state index in [9.17, 15) is 18.0 Å². The highest BCUT2D eigenvalue weighted by atomic mass is 127. The SMILES string of the molecule is Cn1c(SCC(=O)Nc2ccc(I)cc2)nnc1C(F)(F)F. The minimum atomic E-state index is -4.57. The fourth-order valence-electron chi connectivity index (χ4n) is 1.55. The molecule has 10 heteroatoms. The number of carbonyl (C=O) groups is 1. The van der Waals surface area contributed by atoms with Crippen LogP contribution < -0.4 is 5.32 Å². The van der Waals surface area contributed by atoms with Gasteiger partial charge in [-0.25, -0.2) is 0 Å². The molecule has 118 valence electrons. The number of anilines is 1. The Hall–Kier alpha value is -1.30. The Bertz CT molecular complexity index is 672. The number of amides is 1. The van der Waals surface area contributed by atoms with Gasteiger partial charge in [0.25, 0.3) is 0 Å². The maximum absolute atomic E-state index is 12.6. The predicted octanol–water partition coefficient (Wildman–Crippen LogP) is 3.17. The van der Waals surface area contributed by atoms with Crippen molar-refractivity contribution in [2.75, 3.05) is 11.1 Å². The van der Waals surface area contributed by atoms with Crippen LogP contribution in [0.15, 0.2) is 29.4 Å². The quantitative estimate of drug-likeness (QED) is 0.584. The van der Waals surface area contributed by atoms with Gasteiger partial charge in [0, 0.05) is 16.3 Å². The molecule has 1 amide bonds. The second kappa shape index (κ2) is 6.86. The second-order valence-electron chi connectivity index (χ2n) is 4.21. The van der Waals surface area contributed by atoms with Crippen LogP contribution in [-0.2, 0) is 18.0 Å². The fourth-order valence-corrected chi connectivity index (χ4v) is 2.62. The smallest absolute Gasteiger partial charge is 0.325 e. The summed E-state index contributed by atoms with van der Waals surface area (Å²) in [7, 11) is 1.21. The molecule has 0 fully saturated rings. The summed E-state index contributed by atoms with van der Waals surface area (Å²) in [6.07, 6.45) is -4.57. The number of alkyl halides is 3. The molecule has 0 saturated heterocycles. The molecule has 0 atom stereocenters. The second-order valence-corrected chi connectivity index (χ2v) is 6.39. The number of carbonyl (C=O) groups excluding carboxylic acids is 1. The Morgan fingerprint density at radius 3 is 2.50 bits per heavy atom. The molecule has 1 aromatic carbocycles. The van der Waals surface area contributed by atoms with Crippen molar-refractivity contribution in [1.29, 1.82) is 0 Å². The van der Waals surface area contributed by atoms with E-state index in [0.717, 1.165) is 19.9 Å². The monoisotopic (exact) mass is 442 g/mol. The van der Waals surface area contributed by atoms with Crippen LogP contribution in [0, 0.1) is 3.57 Å². The first-order valence-corrected chi connectivity index (χ1v) is 7.98. The number of halogens is 4. The van der Waals surface area contributed by atoms with Gasteiger partial charge in [0.1, 0.15) is 0 Å². The van der Waals surface area contributed by atoms with Crippen molar-refractivity contribution in [1.82, 2.24) is 14.8 Å². The van der Waals surface area contributed by atoms with Crippen LogP contribution in [0.2, 0.25) is 0 Å². The summed E-state index contributed by atoms with van der Waals surface area (Å²) in [6, 6.07) is 7.16. The molecule has 1 aromatic heterocycles. The van der Waals surface area contributed by atoms with Crippen LogP contribution in [0.1, 0.15) is 5.82 Å². The Labute approximate surface area is 141 Å². The number of rotatable bonds is 4. The Kier molecular flexibility index (Phi) is 5.32. The van der Waals surface area contributed by atoms with Gasteiger partial charge in [0.05, 0.1) is 5.75 Å². The maximum Gasteiger partial charge on any atom is 0.451 e. The van der Waals surface area contributed by atoms with Crippen molar-refractivity contribution in [3.05, 3.63) is 33.7 Å². The van der Waals surface area contributed by atoms with Crippen LogP contribution in [0.5, 0.6) is 0 Å². The number of hydrogen-bond donors (Lipinski definition) is 1. The van der Waals surface area contributed by atoms with Crippen LogP contribution in [0.3, 0.4) is 0 Å². The van der Waals surface area contributed by atoms with Gasteiger partial charge < -0.3 is 9.88 Å². The first-order chi connectivity index (χ1) is 10.3. The van der Waals surface area contributed by atoms with Gasteiger partial charge in [-0.15, -0.1) is 10.2 Å². The Morgan fingerprint density at radius 2 is 1.95 bits per heavy atom. The topological polar surface area (TPSA) is 59.8 Å². The first kappa shape index (κ1) is 17.1. The maximum atomic E-state index is 12.6. The number of nitrogens with one attached hydrogen (secondary N) is 1. The van der Waals surface area contributed by atoms with E-state index in [0.29, 0.717) is 5.69 Å². The molecule has 0 aliphatic carbocycles. The van der Waals surface area contributed by atoms with Gasteiger partial charge in [-0.1, -0.05) is 11.8 Å². The number of hydrogen-bond acceptors (Lipinski definition) is 4. The summed E-state index contributed by atoms with van der Waals surface area (Å²) in [5.41, 5.74) is 0.625. The van der Waals surface area contributed by atoms with E-state index in [1.54, 1.807) is 12.1 Å². The standard InChI is InChI=1S/C12H10F3IN4OS/c1-20-10(12(13,14)15)18-19-11(20)22-6-9(21)17-8-4-2-7(16)3-5-8/h2-5H,6H2,1H3,(H,17,21). The first-order valence-electron chi connectivity index (χ1n) is 5.92. The summed E-state index contributed by atoms with van der Waals surface area (Å²) >= 11 is 3.03. The lowest BCUT2D eigenvalue weighted by Crippen LogP contribution is -2.15. The van der Waals surface area contributed by atoms with Crippen molar-refractivity contribution < 1.29 is 18.0 Å². The van der Waals surface area contributed by atoms with E-state index >= 15 is 0 Å². The zero-order chi connectivity index (χ0) is 16.3. The number of aromatic nitrogens is 3. The fraction of sp³-hybridized carbons (Fsp3) is 0.250. The predicted molar refractivity (Wildman–Crippen MR) is 84.5 cm³/mol. The van der Waals surface area contributed by atoms with Crippen LogP contribution >= 0.6 is 34.4 Å². The molecule has 0 spiro atoms. The van der Waals surface area contributed by atoms with E-state index in [4.69, 9.17) is 0 Å². The molecule has 1 N–H and O–H groups in total. The third-order valence-corrected chi connectivity index (χ3v) is 4.29. The van der Waals surface area contributed by atoms with Crippen molar-refractivity contribution in [2.45, 2.75) is 11.3 Å². The van der Waals surface area contributed by atoms with E-state index in [2.05, 4.69) is 38.1 Å². The minimum Gasteiger partial charge on any atom is -0.325 e. The largest absolute Gasteiger partial charge is 0.451 e. The van der Waals surface area contributed by atoms with Crippen molar-refractivity contribution in [3.8, 4) is 0 Å². The molecular formula is C12H10F3IN4OS. The minimum absolute atomic E-state index is 0.0325. The lowest BCUT2D eigenvalue weighted by atomic mass is 10.3. The third kappa shape index (κ3) is 4.35. The van der Waals surface area contributed by atoms with Gasteiger partial charge >= 0.3 is 6.18 Å². The lowest BCUT2D eigenvalue weighted by molar-refractivity contribution is -0.147. The number of benzene rings is 1. The average Bonchev–Trinajstić information content (AvgIpc) is 2.80. The van der Waals surface area contributed by atoms with Gasteiger partial charge in [-0.3, -0.25) is 4.79 Å². The molecule has 22 heavy (non-hydrogen) atoms. The highest BCUT2D eigenvalue weighted by Gasteiger charge is 2.37. The molecule has 0 radical (unpaired) electrons. The van der Waals surface area contributed by atoms with Crippen molar-refractivity contribution in [2.24, 2.45) is 7.05 Å². The zero-order valence-corrected chi connectivity index (χ0v) is 14.2. The van der Waals surface area contributed by atoms with E-state index in [1.165, 1.54) is 7.05 Å². The van der Waals surface area contributed by atoms with Gasteiger partial charge in [-0.2, -0.15) is 13.2 Å². The molecule has 0 unspecified atom stereocenters. The summed E-state index contributed by atoms with van der Waals surface area (Å²) in [5, 5.41) is 9.23. The summed E-state index contributed by atoms with van der Waals surface area (Å²) in [4.78, 5) is 11.8. The molecule has 2 rings (SSSR count). The molecule has 0 bridgehead atoms. The average molecular weight is 442 g/mol. The van der Waals surface area contributed by atoms with E-state index in [-0.39, 0.29) is 16.8 Å². The highest BCUT2D eigenvalue weighted by molar-refractivity contribution is 14.1. The molecule has 0 aliphatic heterocycles. The highest BCUT2D eigenvalue weighted by Crippen LogP contribution is 2.29. The van der Waals surface area contributed by atoms with Gasteiger partial charge in [-0.05, 0) is 46.9 Å². The molecule has 0 aliphatic rings. The Balaban J connectivity index is 1.94. The van der Waals surface area contributed by atoms with Crippen molar-refractivity contribution in [3.63, 3.8) is 0 Å². The van der Waals surface area contributed by atoms with Crippen LogP contribution in [0.25, 0.3) is 0 Å². The molecule has 0 saturated carbocycles. The van der Waals surface area contributed by atoms with Gasteiger partial charge in [0.15, 0.2) is 5.16 Å². The van der Waals surface area contributed by atoms with Gasteiger partial charge in [0.2, 0.25) is 11.7 Å². The number of nitrogens with zero attached hydrogens (tertiary/aromatic N) is 3. The van der Waals surface area contributed by atoms with Crippen LogP contribution in [0.4, 0.5) is 18.9 Å². The summed E-state index contributed by atoms with van der Waals surface area (Å²) < 4.78 is 39.6. The Morgan fingerprint density at radius 1 is 1.32 bits per heavy atom. The van der Waals surface area contributed by atoms with E-state index in [1.807, 2.05) is 12.1 Å². The third-order valence-electron chi connectivity index (χ3n) is 2.55. The molecular weight excluding hydrogens is 432 g/mol. The molecule has 5 nitrogen and oxygen atoms in total. The van der Waals surface area contributed by atoms with E-state index < -0.39 is 12.0 Å². The normalized spacial score (nSPS) is 11.5. The molecule has 1 heterocycles. The van der Waals surface area contributed by atoms with Crippen molar-refractivity contribution >= 4 is 45.9 Å². The lowest BCUT2D eigenvalue weighted by Gasteiger charge is -2.07. The molecule has 2 aromatic rings.